The third-order valence-electron chi connectivity index (χ3n) is 4.22. The fraction of sp³-hybridized carbons (Fsp3) is 0.182. The summed E-state index contributed by atoms with van der Waals surface area (Å²) in [6.45, 7) is 4.78. The van der Waals surface area contributed by atoms with Gasteiger partial charge in [0.05, 0.1) is 11.2 Å². The molecule has 0 unspecified atom stereocenters. The molecule has 6 heteroatoms. The zero-order valence-electron chi connectivity index (χ0n) is 15.3. The van der Waals surface area contributed by atoms with E-state index in [1.165, 1.54) is 0 Å². The number of oxazole rings is 1. The highest BCUT2D eigenvalue weighted by molar-refractivity contribution is 6.36. The molecule has 1 heterocycles. The highest BCUT2D eigenvalue weighted by atomic mass is 35.5. The molecule has 0 radical (unpaired) electrons. The van der Waals surface area contributed by atoms with Crippen LogP contribution < -0.4 is 0 Å². The van der Waals surface area contributed by atoms with E-state index < -0.39 is 0 Å². The van der Waals surface area contributed by atoms with Gasteiger partial charge in [0.25, 0.3) is 0 Å². The van der Waals surface area contributed by atoms with E-state index in [9.17, 15) is 4.79 Å². The van der Waals surface area contributed by atoms with E-state index >= 15 is 0 Å². The molecule has 0 saturated carbocycles. The van der Waals surface area contributed by atoms with E-state index in [2.05, 4.69) is 11.6 Å². The first-order chi connectivity index (χ1) is 13.6. The molecule has 0 aliphatic heterocycles. The van der Waals surface area contributed by atoms with E-state index in [0.29, 0.717) is 53.2 Å². The van der Waals surface area contributed by atoms with Crippen molar-refractivity contribution in [3.05, 3.63) is 88.9 Å². The topological polar surface area (TPSA) is 46.3 Å². The van der Waals surface area contributed by atoms with E-state index in [1.54, 1.807) is 35.4 Å². The number of hydrogen-bond donors (Lipinski definition) is 0. The summed E-state index contributed by atoms with van der Waals surface area (Å²) in [7, 11) is 0. The second-order valence-corrected chi connectivity index (χ2v) is 7.13. The first-order valence-corrected chi connectivity index (χ1v) is 9.65. The molecule has 0 spiro atoms. The Hall–Kier alpha value is -2.56. The Morgan fingerprint density at radius 2 is 1.96 bits per heavy atom. The van der Waals surface area contributed by atoms with Gasteiger partial charge in [-0.25, -0.2) is 4.98 Å². The first kappa shape index (κ1) is 20.2. The van der Waals surface area contributed by atoms with Crippen molar-refractivity contribution in [1.29, 1.82) is 0 Å². The lowest BCUT2D eigenvalue weighted by molar-refractivity contribution is -0.131. The number of nitrogens with zero attached hydrogens (tertiary/aromatic N) is 2. The number of aromatic nitrogens is 1. The number of aryl methyl sites for hydroxylation is 1. The summed E-state index contributed by atoms with van der Waals surface area (Å²) in [5.41, 5.74) is 1.79. The third kappa shape index (κ3) is 5.24. The monoisotopic (exact) mass is 414 g/mol. The molecule has 0 saturated heterocycles. The maximum Gasteiger partial charge on any atom is 0.223 e. The Kier molecular flexibility index (Phi) is 6.90. The second kappa shape index (κ2) is 9.58. The summed E-state index contributed by atoms with van der Waals surface area (Å²) in [6, 6.07) is 15.1. The van der Waals surface area contributed by atoms with Crippen LogP contribution in [-0.2, 0) is 17.8 Å². The number of amides is 1. The largest absolute Gasteiger partial charge is 0.441 e. The van der Waals surface area contributed by atoms with Crippen molar-refractivity contribution in [2.24, 2.45) is 0 Å². The number of hydrogen-bond acceptors (Lipinski definition) is 3. The van der Waals surface area contributed by atoms with Gasteiger partial charge >= 0.3 is 0 Å². The van der Waals surface area contributed by atoms with Crippen molar-refractivity contribution < 1.29 is 9.21 Å². The van der Waals surface area contributed by atoms with Gasteiger partial charge in [-0.2, -0.15) is 0 Å². The van der Waals surface area contributed by atoms with Crippen LogP contribution >= 0.6 is 23.2 Å². The third-order valence-corrected chi connectivity index (χ3v) is 4.77. The fourth-order valence-electron chi connectivity index (χ4n) is 2.83. The van der Waals surface area contributed by atoms with Crippen molar-refractivity contribution in [2.45, 2.75) is 19.4 Å². The Bertz CT molecular complexity index is 954. The minimum Gasteiger partial charge on any atom is -0.441 e. The lowest BCUT2D eigenvalue weighted by Gasteiger charge is -2.21. The van der Waals surface area contributed by atoms with E-state index in [-0.39, 0.29) is 5.91 Å². The number of halogens is 2. The van der Waals surface area contributed by atoms with Gasteiger partial charge in [0.2, 0.25) is 5.91 Å². The van der Waals surface area contributed by atoms with Crippen LogP contribution in [0, 0.1) is 0 Å². The minimum absolute atomic E-state index is 0.0213. The summed E-state index contributed by atoms with van der Waals surface area (Å²) in [5, 5.41) is 1.05. The zero-order valence-corrected chi connectivity index (χ0v) is 16.8. The first-order valence-electron chi connectivity index (χ1n) is 8.89. The maximum atomic E-state index is 12.7. The van der Waals surface area contributed by atoms with Crippen LogP contribution in [0.4, 0.5) is 0 Å². The molecular weight excluding hydrogens is 395 g/mol. The SMILES string of the molecule is C=CCN(Cc1ccccc1)C(=O)CCc1ncc(-c2ccc(Cl)cc2Cl)o1. The molecule has 1 aromatic heterocycles. The molecule has 3 rings (SSSR count). The van der Waals surface area contributed by atoms with Crippen LogP contribution in [0.15, 0.2) is 71.8 Å². The van der Waals surface area contributed by atoms with Gasteiger partial charge < -0.3 is 9.32 Å². The second-order valence-electron chi connectivity index (χ2n) is 6.29. The predicted molar refractivity (Wildman–Crippen MR) is 112 cm³/mol. The Morgan fingerprint density at radius 1 is 1.18 bits per heavy atom. The van der Waals surface area contributed by atoms with E-state index in [1.807, 2.05) is 30.3 Å². The maximum absolute atomic E-state index is 12.7. The van der Waals surface area contributed by atoms with Gasteiger partial charge in [-0.3, -0.25) is 4.79 Å². The lowest BCUT2D eigenvalue weighted by atomic mass is 10.2. The zero-order chi connectivity index (χ0) is 19.9. The van der Waals surface area contributed by atoms with Gasteiger partial charge in [-0.1, -0.05) is 59.6 Å². The standard InChI is InChI=1S/C22H20Cl2N2O2/c1-2-12-26(15-16-6-4-3-5-7-16)22(27)11-10-21-25-14-20(28-21)18-9-8-17(23)13-19(18)24/h2-9,13-14H,1,10-12,15H2. The fourth-order valence-corrected chi connectivity index (χ4v) is 3.33. The van der Waals surface area contributed by atoms with Gasteiger partial charge in [0.1, 0.15) is 0 Å². The minimum atomic E-state index is 0.0213. The molecular formula is C22H20Cl2N2O2. The highest BCUT2D eigenvalue weighted by Crippen LogP contribution is 2.30. The van der Waals surface area contributed by atoms with Gasteiger partial charge in [-0.15, -0.1) is 6.58 Å². The molecule has 0 bridgehead atoms. The van der Waals surface area contributed by atoms with Crippen LogP contribution in [0.2, 0.25) is 10.0 Å². The smallest absolute Gasteiger partial charge is 0.223 e. The Morgan fingerprint density at radius 3 is 2.68 bits per heavy atom. The van der Waals surface area contributed by atoms with Crippen LogP contribution in [0.3, 0.4) is 0 Å². The van der Waals surface area contributed by atoms with Gasteiger partial charge in [0.15, 0.2) is 11.7 Å². The molecule has 144 valence electrons. The summed E-state index contributed by atoms with van der Waals surface area (Å²) >= 11 is 12.1. The quantitative estimate of drug-likeness (QED) is 0.437. The molecule has 2 aromatic carbocycles. The molecule has 0 N–H and O–H groups in total. The summed E-state index contributed by atoms with van der Waals surface area (Å²) in [5.74, 6) is 1.07. The van der Waals surface area contributed by atoms with Crippen molar-refractivity contribution in [3.63, 3.8) is 0 Å². The average molecular weight is 415 g/mol. The molecule has 3 aromatic rings. The summed E-state index contributed by atoms with van der Waals surface area (Å²) in [4.78, 5) is 18.7. The number of carbonyl (C=O) groups excluding carboxylic acids is 1. The average Bonchev–Trinajstić information content (AvgIpc) is 3.15. The Labute approximate surface area is 174 Å². The van der Waals surface area contributed by atoms with Crippen LogP contribution in [0.5, 0.6) is 0 Å². The number of carbonyl (C=O) groups is 1. The summed E-state index contributed by atoms with van der Waals surface area (Å²) < 4.78 is 5.77. The van der Waals surface area contributed by atoms with E-state index in [4.69, 9.17) is 27.6 Å². The molecule has 1 amide bonds. The number of benzene rings is 2. The van der Waals surface area contributed by atoms with Gasteiger partial charge in [-0.05, 0) is 23.8 Å². The predicted octanol–water partition coefficient (Wildman–Crippen LogP) is 5.80. The van der Waals surface area contributed by atoms with Crippen molar-refractivity contribution in [3.8, 4) is 11.3 Å². The molecule has 0 atom stereocenters. The lowest BCUT2D eigenvalue weighted by Crippen LogP contribution is -2.30. The number of rotatable bonds is 8. The molecule has 0 aliphatic carbocycles. The van der Waals surface area contributed by atoms with Crippen LogP contribution in [0.25, 0.3) is 11.3 Å². The molecule has 0 aliphatic rings. The molecule has 0 fully saturated rings. The van der Waals surface area contributed by atoms with E-state index in [0.717, 1.165) is 5.56 Å². The summed E-state index contributed by atoms with van der Waals surface area (Å²) in [6.07, 6.45) is 4.05. The molecule has 28 heavy (non-hydrogen) atoms. The molecule has 4 nitrogen and oxygen atoms in total. The Balaban J connectivity index is 1.63. The highest BCUT2D eigenvalue weighted by Gasteiger charge is 2.15. The van der Waals surface area contributed by atoms with Crippen molar-refractivity contribution in [2.75, 3.05) is 6.54 Å². The normalized spacial score (nSPS) is 10.6. The van der Waals surface area contributed by atoms with Crippen LogP contribution in [-0.4, -0.2) is 22.3 Å². The van der Waals surface area contributed by atoms with Crippen molar-refractivity contribution in [1.82, 2.24) is 9.88 Å². The van der Waals surface area contributed by atoms with Gasteiger partial charge in [0, 0.05) is 36.5 Å². The van der Waals surface area contributed by atoms with Crippen LogP contribution in [0.1, 0.15) is 17.9 Å². The van der Waals surface area contributed by atoms with Crippen molar-refractivity contribution >= 4 is 29.1 Å².